The van der Waals surface area contributed by atoms with Crippen LogP contribution in [0.3, 0.4) is 0 Å². The van der Waals surface area contributed by atoms with E-state index in [9.17, 15) is 8.42 Å². The number of hydrogen-bond acceptors (Lipinski definition) is 4. The van der Waals surface area contributed by atoms with E-state index in [-0.39, 0.29) is 6.04 Å². The Balaban J connectivity index is 2.96. The second-order valence-electron chi connectivity index (χ2n) is 4.25. The van der Waals surface area contributed by atoms with E-state index in [1.807, 2.05) is 12.1 Å². The van der Waals surface area contributed by atoms with E-state index in [0.717, 1.165) is 18.5 Å². The predicted molar refractivity (Wildman–Crippen MR) is 69.6 cm³/mol. The van der Waals surface area contributed by atoms with Crippen molar-refractivity contribution in [2.24, 2.45) is 0 Å². The van der Waals surface area contributed by atoms with Crippen molar-refractivity contribution in [3.8, 4) is 0 Å². The molecule has 5 heteroatoms. The van der Waals surface area contributed by atoms with E-state index in [4.69, 9.17) is 0 Å². The SMILES string of the molecule is CCCNC(c1cccnc1)C(C)S(C)(=O)=O. The van der Waals surface area contributed by atoms with E-state index < -0.39 is 15.1 Å². The summed E-state index contributed by atoms with van der Waals surface area (Å²) in [5.74, 6) is 0. The molecule has 0 saturated carbocycles. The Kier molecular flexibility index (Phi) is 5.08. The van der Waals surface area contributed by atoms with Crippen LogP contribution in [0.2, 0.25) is 0 Å². The third-order valence-electron chi connectivity index (χ3n) is 2.80. The summed E-state index contributed by atoms with van der Waals surface area (Å²) in [4.78, 5) is 4.04. The molecule has 2 unspecified atom stereocenters. The molecule has 0 bridgehead atoms. The number of hydrogen-bond donors (Lipinski definition) is 1. The minimum absolute atomic E-state index is 0.196. The average Bonchev–Trinajstić information content (AvgIpc) is 2.29. The second kappa shape index (κ2) is 6.12. The fraction of sp³-hybridized carbons (Fsp3) is 0.583. The van der Waals surface area contributed by atoms with Crippen molar-refractivity contribution in [1.82, 2.24) is 10.3 Å². The maximum absolute atomic E-state index is 11.6. The van der Waals surface area contributed by atoms with Gasteiger partial charge < -0.3 is 5.32 Å². The van der Waals surface area contributed by atoms with Gasteiger partial charge >= 0.3 is 0 Å². The van der Waals surface area contributed by atoms with Crippen LogP contribution in [0.25, 0.3) is 0 Å². The van der Waals surface area contributed by atoms with E-state index in [0.29, 0.717) is 0 Å². The summed E-state index contributed by atoms with van der Waals surface area (Å²) >= 11 is 0. The minimum atomic E-state index is -3.07. The Morgan fingerprint density at radius 2 is 2.18 bits per heavy atom. The van der Waals surface area contributed by atoms with Gasteiger partial charge in [0.15, 0.2) is 9.84 Å². The van der Waals surface area contributed by atoms with Crippen LogP contribution >= 0.6 is 0 Å². The van der Waals surface area contributed by atoms with Gasteiger partial charge in [-0.05, 0) is 31.5 Å². The van der Waals surface area contributed by atoms with Gasteiger partial charge in [0, 0.05) is 18.6 Å². The maximum atomic E-state index is 11.6. The maximum Gasteiger partial charge on any atom is 0.151 e. The lowest BCUT2D eigenvalue weighted by molar-refractivity contribution is 0.499. The molecule has 4 nitrogen and oxygen atoms in total. The highest BCUT2D eigenvalue weighted by atomic mass is 32.2. The predicted octanol–water partition coefficient (Wildman–Crippen LogP) is 1.56. The van der Waals surface area contributed by atoms with Crippen LogP contribution in [0, 0.1) is 0 Å². The lowest BCUT2D eigenvalue weighted by Gasteiger charge is -2.24. The number of nitrogens with zero attached hydrogens (tertiary/aromatic N) is 1. The average molecular weight is 256 g/mol. The molecule has 17 heavy (non-hydrogen) atoms. The zero-order valence-electron chi connectivity index (χ0n) is 10.6. The third kappa shape index (κ3) is 4.09. The molecule has 1 aromatic rings. The first-order valence-electron chi connectivity index (χ1n) is 5.79. The van der Waals surface area contributed by atoms with Gasteiger partial charge in [-0.15, -0.1) is 0 Å². The van der Waals surface area contributed by atoms with E-state index in [1.165, 1.54) is 6.26 Å². The van der Waals surface area contributed by atoms with Gasteiger partial charge in [-0.25, -0.2) is 8.42 Å². The van der Waals surface area contributed by atoms with Crippen LogP contribution in [-0.2, 0) is 9.84 Å². The highest BCUT2D eigenvalue weighted by Crippen LogP contribution is 2.20. The first kappa shape index (κ1) is 14.1. The van der Waals surface area contributed by atoms with Crippen LogP contribution in [-0.4, -0.2) is 31.5 Å². The Morgan fingerprint density at radius 3 is 2.65 bits per heavy atom. The van der Waals surface area contributed by atoms with Crippen LogP contribution in [0.4, 0.5) is 0 Å². The number of sulfone groups is 1. The molecule has 1 aromatic heterocycles. The van der Waals surface area contributed by atoms with E-state index >= 15 is 0 Å². The van der Waals surface area contributed by atoms with Crippen molar-refractivity contribution < 1.29 is 8.42 Å². The van der Waals surface area contributed by atoms with Crippen molar-refractivity contribution >= 4 is 9.84 Å². The molecule has 1 heterocycles. The first-order chi connectivity index (χ1) is 7.96. The molecule has 0 fully saturated rings. The fourth-order valence-electron chi connectivity index (χ4n) is 1.66. The third-order valence-corrected chi connectivity index (χ3v) is 4.43. The standard InChI is InChI=1S/C12H20N2O2S/c1-4-7-14-12(10(2)17(3,15)16)11-6-5-8-13-9-11/h5-6,8-10,12,14H,4,7H2,1-3H3. The number of rotatable bonds is 6. The Labute approximate surface area is 103 Å². The lowest BCUT2D eigenvalue weighted by Crippen LogP contribution is -2.35. The monoisotopic (exact) mass is 256 g/mol. The largest absolute Gasteiger partial charge is 0.309 e. The van der Waals surface area contributed by atoms with Crippen molar-refractivity contribution in [3.05, 3.63) is 30.1 Å². The first-order valence-corrected chi connectivity index (χ1v) is 7.74. The molecular weight excluding hydrogens is 236 g/mol. The van der Waals surface area contributed by atoms with Gasteiger partial charge in [-0.3, -0.25) is 4.98 Å². The molecule has 0 aliphatic rings. The molecule has 0 aromatic carbocycles. The van der Waals surface area contributed by atoms with Crippen LogP contribution < -0.4 is 5.32 Å². The molecule has 1 rings (SSSR count). The van der Waals surface area contributed by atoms with Crippen LogP contribution in [0.5, 0.6) is 0 Å². The molecule has 0 radical (unpaired) electrons. The zero-order chi connectivity index (χ0) is 12.9. The van der Waals surface area contributed by atoms with Crippen molar-refractivity contribution in [2.45, 2.75) is 31.6 Å². The Morgan fingerprint density at radius 1 is 1.47 bits per heavy atom. The Bertz CT molecular complexity index is 431. The van der Waals surface area contributed by atoms with Gasteiger partial charge in [0.2, 0.25) is 0 Å². The van der Waals surface area contributed by atoms with Gasteiger partial charge in [-0.1, -0.05) is 13.0 Å². The summed E-state index contributed by atoms with van der Waals surface area (Å²) in [6.45, 7) is 4.58. The van der Waals surface area contributed by atoms with Gasteiger partial charge in [0.25, 0.3) is 0 Å². The molecule has 0 amide bonds. The summed E-state index contributed by atoms with van der Waals surface area (Å²) in [6.07, 6.45) is 5.64. The second-order valence-corrected chi connectivity index (χ2v) is 6.66. The van der Waals surface area contributed by atoms with Gasteiger partial charge in [0.05, 0.1) is 11.3 Å². The van der Waals surface area contributed by atoms with Crippen molar-refractivity contribution in [3.63, 3.8) is 0 Å². The molecule has 0 spiro atoms. The highest BCUT2D eigenvalue weighted by Gasteiger charge is 2.26. The fourth-order valence-corrected chi connectivity index (χ4v) is 2.41. The molecule has 0 aliphatic heterocycles. The Hall–Kier alpha value is -0.940. The minimum Gasteiger partial charge on any atom is -0.309 e. The highest BCUT2D eigenvalue weighted by molar-refractivity contribution is 7.91. The molecular formula is C12H20N2O2S. The van der Waals surface area contributed by atoms with Gasteiger partial charge in [0.1, 0.15) is 0 Å². The van der Waals surface area contributed by atoms with Crippen molar-refractivity contribution in [1.29, 1.82) is 0 Å². The molecule has 0 aliphatic carbocycles. The summed E-state index contributed by atoms with van der Waals surface area (Å²) in [5.41, 5.74) is 0.916. The van der Waals surface area contributed by atoms with Crippen LogP contribution in [0.15, 0.2) is 24.5 Å². The van der Waals surface area contributed by atoms with E-state index in [2.05, 4.69) is 17.2 Å². The molecule has 0 saturated heterocycles. The number of aromatic nitrogens is 1. The number of pyridine rings is 1. The molecule has 1 N–H and O–H groups in total. The summed E-state index contributed by atoms with van der Waals surface area (Å²) in [7, 11) is -3.07. The van der Waals surface area contributed by atoms with Crippen LogP contribution in [0.1, 0.15) is 31.9 Å². The quantitative estimate of drug-likeness (QED) is 0.839. The smallest absolute Gasteiger partial charge is 0.151 e. The van der Waals surface area contributed by atoms with E-state index in [1.54, 1.807) is 19.3 Å². The van der Waals surface area contributed by atoms with Gasteiger partial charge in [-0.2, -0.15) is 0 Å². The summed E-state index contributed by atoms with van der Waals surface area (Å²) in [5, 5.41) is 2.81. The van der Waals surface area contributed by atoms with Crippen molar-refractivity contribution in [2.75, 3.05) is 12.8 Å². The number of nitrogens with one attached hydrogen (secondary N) is 1. The summed E-state index contributed by atoms with van der Waals surface area (Å²) in [6, 6.07) is 3.53. The lowest BCUT2D eigenvalue weighted by atomic mass is 10.1. The normalized spacial score (nSPS) is 15.5. The zero-order valence-corrected chi connectivity index (χ0v) is 11.4. The summed E-state index contributed by atoms with van der Waals surface area (Å²) < 4.78 is 23.3. The molecule has 96 valence electrons. The molecule has 2 atom stereocenters. The topological polar surface area (TPSA) is 59.1 Å².